The first-order chi connectivity index (χ1) is 9.28. The minimum absolute atomic E-state index is 0.237. The van der Waals surface area contributed by atoms with Crippen LogP contribution in [0.5, 0.6) is 5.75 Å². The summed E-state index contributed by atoms with van der Waals surface area (Å²) in [5.41, 5.74) is 0.988. The minimum atomic E-state index is -0.404. The van der Waals surface area contributed by atoms with Crippen LogP contribution < -0.4 is 4.74 Å². The monoisotopic (exact) mass is 262 g/mol. The third-order valence-electron chi connectivity index (χ3n) is 4.22. The van der Waals surface area contributed by atoms with Gasteiger partial charge in [-0.3, -0.25) is 9.80 Å². The fraction of sp³-hybridized carbons (Fsp3) is 0.600. The zero-order valence-electron chi connectivity index (χ0n) is 11.5. The molecule has 2 bridgehead atoms. The van der Waals surface area contributed by atoms with Gasteiger partial charge in [-0.05, 0) is 24.6 Å². The Morgan fingerprint density at radius 3 is 2.42 bits per heavy atom. The van der Waals surface area contributed by atoms with E-state index >= 15 is 0 Å². The lowest BCUT2D eigenvalue weighted by Crippen LogP contribution is -2.62. The summed E-state index contributed by atoms with van der Waals surface area (Å²) < 4.78 is 5.44. The Bertz CT molecular complexity index is 413. The Morgan fingerprint density at radius 1 is 1.21 bits per heavy atom. The summed E-state index contributed by atoms with van der Waals surface area (Å²) in [6.45, 7) is 8.08. The van der Waals surface area contributed by atoms with Gasteiger partial charge in [0.2, 0.25) is 0 Å². The quantitative estimate of drug-likeness (QED) is 0.882. The molecule has 1 N–H and O–H groups in total. The second-order valence-corrected chi connectivity index (χ2v) is 5.35. The summed E-state index contributed by atoms with van der Waals surface area (Å²) in [4.78, 5) is 4.86. The number of fused-ring (bicyclic) bond motifs is 3. The van der Waals surface area contributed by atoms with E-state index in [0.717, 1.165) is 44.0 Å². The van der Waals surface area contributed by atoms with E-state index in [1.807, 2.05) is 31.2 Å². The summed E-state index contributed by atoms with van der Waals surface area (Å²) in [6, 6.07) is 8.08. The van der Waals surface area contributed by atoms with Gasteiger partial charge in [0.1, 0.15) is 5.75 Å². The molecule has 1 aromatic carbocycles. The molecule has 4 heteroatoms. The molecule has 3 aliphatic rings. The molecular formula is C15H22N2O2. The average molecular weight is 262 g/mol. The molecule has 2 atom stereocenters. The molecule has 1 aromatic rings. The summed E-state index contributed by atoms with van der Waals surface area (Å²) in [5, 5.41) is 10.6. The lowest BCUT2D eigenvalue weighted by molar-refractivity contribution is -0.0470. The summed E-state index contributed by atoms with van der Waals surface area (Å²) >= 11 is 0. The highest BCUT2D eigenvalue weighted by Gasteiger charge is 2.36. The number of aliphatic hydroxyl groups is 1. The Labute approximate surface area is 114 Å². The maximum Gasteiger partial charge on any atom is 0.119 e. The van der Waals surface area contributed by atoms with E-state index in [0.29, 0.717) is 6.61 Å². The van der Waals surface area contributed by atoms with Crippen molar-refractivity contribution >= 4 is 0 Å². The molecule has 3 heterocycles. The molecule has 0 aliphatic carbocycles. The predicted molar refractivity (Wildman–Crippen MR) is 74.4 cm³/mol. The fourth-order valence-corrected chi connectivity index (χ4v) is 3.11. The second-order valence-electron chi connectivity index (χ2n) is 5.35. The Balaban J connectivity index is 1.71. The Kier molecular flexibility index (Phi) is 3.73. The number of rotatable bonds is 4. The van der Waals surface area contributed by atoms with Gasteiger partial charge in [0.15, 0.2) is 0 Å². The van der Waals surface area contributed by atoms with Crippen LogP contribution in [0, 0.1) is 0 Å². The van der Waals surface area contributed by atoms with E-state index < -0.39 is 6.10 Å². The highest BCUT2D eigenvalue weighted by molar-refractivity contribution is 5.29. The SMILES string of the molecule is CCOc1ccc(C(O)C2CN3CCN2CC3)cc1. The summed E-state index contributed by atoms with van der Waals surface area (Å²) in [7, 11) is 0. The molecule has 3 saturated heterocycles. The van der Waals surface area contributed by atoms with E-state index in [2.05, 4.69) is 9.80 Å². The summed E-state index contributed by atoms with van der Waals surface area (Å²) in [5.74, 6) is 0.868. The molecule has 4 rings (SSSR count). The standard InChI is InChI=1S/C15H22N2O2/c1-2-19-13-5-3-12(4-6-13)15(18)14-11-16-7-9-17(14)10-8-16/h3-6,14-15,18H,2,7-11H2,1H3. The molecule has 3 fully saturated rings. The highest BCUT2D eigenvalue weighted by Crippen LogP contribution is 2.28. The van der Waals surface area contributed by atoms with Gasteiger partial charge >= 0.3 is 0 Å². The van der Waals surface area contributed by atoms with Gasteiger partial charge in [0, 0.05) is 32.7 Å². The number of hydrogen-bond acceptors (Lipinski definition) is 4. The molecule has 19 heavy (non-hydrogen) atoms. The number of nitrogens with zero attached hydrogens (tertiary/aromatic N) is 2. The number of ether oxygens (including phenoxy) is 1. The molecule has 2 unspecified atom stereocenters. The predicted octanol–water partition coefficient (Wildman–Crippen LogP) is 1.12. The van der Waals surface area contributed by atoms with Gasteiger partial charge in [-0.2, -0.15) is 0 Å². The maximum atomic E-state index is 10.6. The molecule has 0 spiro atoms. The largest absolute Gasteiger partial charge is 0.494 e. The zero-order chi connectivity index (χ0) is 13.2. The number of hydrogen-bond donors (Lipinski definition) is 1. The van der Waals surface area contributed by atoms with Crippen molar-refractivity contribution in [2.45, 2.75) is 19.1 Å². The van der Waals surface area contributed by atoms with E-state index in [4.69, 9.17) is 4.74 Å². The summed E-state index contributed by atoms with van der Waals surface area (Å²) in [6.07, 6.45) is -0.404. The van der Waals surface area contributed by atoms with Gasteiger partial charge < -0.3 is 9.84 Å². The van der Waals surface area contributed by atoms with Crippen molar-refractivity contribution in [3.05, 3.63) is 29.8 Å². The molecule has 0 amide bonds. The van der Waals surface area contributed by atoms with Gasteiger partial charge in [-0.15, -0.1) is 0 Å². The van der Waals surface area contributed by atoms with Crippen molar-refractivity contribution < 1.29 is 9.84 Å². The van der Waals surface area contributed by atoms with Crippen LogP contribution in [0.4, 0.5) is 0 Å². The molecule has 0 aromatic heterocycles. The maximum absolute atomic E-state index is 10.6. The van der Waals surface area contributed by atoms with Crippen molar-refractivity contribution in [2.24, 2.45) is 0 Å². The number of benzene rings is 1. The fourth-order valence-electron chi connectivity index (χ4n) is 3.11. The lowest BCUT2D eigenvalue weighted by Gasteiger charge is -2.49. The number of aliphatic hydroxyl groups excluding tert-OH is 1. The topological polar surface area (TPSA) is 35.9 Å². The van der Waals surface area contributed by atoms with Crippen LogP contribution in [0.25, 0.3) is 0 Å². The van der Waals surface area contributed by atoms with Crippen LogP contribution in [0.1, 0.15) is 18.6 Å². The van der Waals surface area contributed by atoms with Gasteiger partial charge in [-0.1, -0.05) is 12.1 Å². The zero-order valence-corrected chi connectivity index (χ0v) is 11.5. The van der Waals surface area contributed by atoms with E-state index in [1.165, 1.54) is 0 Å². The van der Waals surface area contributed by atoms with Gasteiger partial charge in [0.05, 0.1) is 18.8 Å². The van der Waals surface area contributed by atoms with Crippen LogP contribution >= 0.6 is 0 Å². The van der Waals surface area contributed by atoms with Crippen LogP contribution in [0.2, 0.25) is 0 Å². The van der Waals surface area contributed by atoms with Crippen LogP contribution in [-0.4, -0.2) is 60.3 Å². The van der Waals surface area contributed by atoms with Gasteiger partial charge in [0.25, 0.3) is 0 Å². The van der Waals surface area contributed by atoms with Crippen LogP contribution in [0.15, 0.2) is 24.3 Å². The first-order valence-corrected chi connectivity index (χ1v) is 7.15. The van der Waals surface area contributed by atoms with E-state index in [-0.39, 0.29) is 6.04 Å². The van der Waals surface area contributed by atoms with Crippen molar-refractivity contribution in [1.82, 2.24) is 9.80 Å². The molecular weight excluding hydrogens is 240 g/mol. The van der Waals surface area contributed by atoms with Crippen molar-refractivity contribution in [3.8, 4) is 5.75 Å². The number of piperazine rings is 3. The highest BCUT2D eigenvalue weighted by atomic mass is 16.5. The molecule has 0 saturated carbocycles. The Hall–Kier alpha value is -1.10. The van der Waals surface area contributed by atoms with Crippen LogP contribution in [-0.2, 0) is 0 Å². The van der Waals surface area contributed by atoms with E-state index in [9.17, 15) is 5.11 Å². The average Bonchev–Trinajstić information content (AvgIpc) is 2.49. The first kappa shape index (κ1) is 12.9. The second kappa shape index (κ2) is 5.49. The molecule has 104 valence electrons. The molecule has 3 aliphatic heterocycles. The lowest BCUT2D eigenvalue weighted by atomic mass is 9.96. The van der Waals surface area contributed by atoms with Crippen molar-refractivity contribution in [2.75, 3.05) is 39.3 Å². The minimum Gasteiger partial charge on any atom is -0.494 e. The normalized spacial score (nSPS) is 31.2. The van der Waals surface area contributed by atoms with Crippen molar-refractivity contribution in [1.29, 1.82) is 0 Å². The van der Waals surface area contributed by atoms with Crippen LogP contribution in [0.3, 0.4) is 0 Å². The third kappa shape index (κ3) is 2.61. The van der Waals surface area contributed by atoms with Gasteiger partial charge in [-0.25, -0.2) is 0 Å². The molecule has 0 radical (unpaired) electrons. The smallest absolute Gasteiger partial charge is 0.119 e. The van der Waals surface area contributed by atoms with Crippen molar-refractivity contribution in [3.63, 3.8) is 0 Å². The third-order valence-corrected chi connectivity index (χ3v) is 4.22. The molecule has 4 nitrogen and oxygen atoms in total. The van der Waals surface area contributed by atoms with E-state index in [1.54, 1.807) is 0 Å². The Morgan fingerprint density at radius 2 is 1.89 bits per heavy atom. The first-order valence-electron chi connectivity index (χ1n) is 7.15.